The molecule has 0 saturated carbocycles. The zero-order valence-electron chi connectivity index (χ0n) is 12.2. The van der Waals surface area contributed by atoms with Crippen molar-refractivity contribution in [3.8, 4) is 5.75 Å². The summed E-state index contributed by atoms with van der Waals surface area (Å²) in [5, 5.41) is 2.69. The maximum absolute atomic E-state index is 12.3. The van der Waals surface area contributed by atoms with Gasteiger partial charge in [-0.25, -0.2) is 4.79 Å². The van der Waals surface area contributed by atoms with Crippen LogP contribution in [0.5, 0.6) is 5.75 Å². The number of carbonyl (C=O) groups excluding carboxylic acids is 2. The van der Waals surface area contributed by atoms with Crippen molar-refractivity contribution >= 4 is 29.2 Å². The molecule has 0 aliphatic carbocycles. The zero-order valence-corrected chi connectivity index (χ0v) is 12.9. The number of rotatable bonds is 6. The number of carbonyl (C=O) groups is 2. The van der Waals surface area contributed by atoms with Gasteiger partial charge in [0.2, 0.25) is 0 Å². The Morgan fingerprint density at radius 1 is 1.12 bits per heavy atom. The molecule has 2 rings (SSSR count). The fourth-order valence-corrected chi connectivity index (χ4v) is 1.98. The molecule has 0 aromatic heterocycles. The first kappa shape index (κ1) is 17.7. The summed E-state index contributed by atoms with van der Waals surface area (Å²) in [6.07, 6.45) is 0. The molecule has 0 heterocycles. The highest BCUT2D eigenvalue weighted by Crippen LogP contribution is 2.25. The van der Waals surface area contributed by atoms with Gasteiger partial charge in [0.05, 0.1) is 11.3 Å². The number of hydrogen-bond acceptors (Lipinski definition) is 4. The number of hydrogen-bond donors (Lipinski definition) is 1. The molecule has 0 aliphatic heterocycles. The van der Waals surface area contributed by atoms with E-state index < -0.39 is 25.1 Å². The molecule has 0 atom stereocenters. The van der Waals surface area contributed by atoms with Crippen molar-refractivity contribution in [3.63, 3.8) is 0 Å². The predicted molar refractivity (Wildman–Crippen MR) is 83.4 cm³/mol. The van der Waals surface area contributed by atoms with Gasteiger partial charge in [-0.05, 0) is 30.3 Å². The monoisotopic (exact) mass is 355 g/mol. The van der Waals surface area contributed by atoms with Gasteiger partial charge < -0.3 is 14.8 Å². The van der Waals surface area contributed by atoms with E-state index in [1.807, 2.05) is 0 Å². The Bertz CT molecular complexity index is 740. The Balaban J connectivity index is 1.93. The molecule has 5 nitrogen and oxygen atoms in total. The molecule has 0 saturated heterocycles. The van der Waals surface area contributed by atoms with Crippen molar-refractivity contribution < 1.29 is 27.8 Å². The van der Waals surface area contributed by atoms with Crippen molar-refractivity contribution in [3.05, 3.63) is 59.1 Å². The van der Waals surface area contributed by atoms with Crippen LogP contribution in [0.1, 0.15) is 10.4 Å². The van der Waals surface area contributed by atoms with E-state index in [-0.39, 0.29) is 17.0 Å². The highest BCUT2D eigenvalue weighted by atomic mass is 35.5. The molecule has 1 N–H and O–H groups in total. The van der Waals surface area contributed by atoms with Gasteiger partial charge in [-0.1, -0.05) is 29.8 Å². The van der Waals surface area contributed by atoms with Crippen LogP contribution in [0.3, 0.4) is 0 Å². The average Bonchev–Trinajstić information content (AvgIpc) is 2.54. The van der Waals surface area contributed by atoms with Gasteiger partial charge >= 0.3 is 12.6 Å². The summed E-state index contributed by atoms with van der Waals surface area (Å²) in [6.45, 7) is -3.61. The van der Waals surface area contributed by atoms with Gasteiger partial charge in [-0.3, -0.25) is 4.79 Å². The lowest BCUT2D eigenvalue weighted by molar-refractivity contribution is -0.119. The maximum atomic E-state index is 12.3. The maximum Gasteiger partial charge on any atom is 0.387 e. The largest absolute Gasteiger partial charge is 0.452 e. The summed E-state index contributed by atoms with van der Waals surface area (Å²) in [4.78, 5) is 23.6. The van der Waals surface area contributed by atoms with E-state index in [1.165, 1.54) is 36.4 Å². The second-order valence-electron chi connectivity index (χ2n) is 4.51. The van der Waals surface area contributed by atoms with E-state index in [1.54, 1.807) is 12.1 Å². The molecule has 0 spiro atoms. The minimum absolute atomic E-state index is 0.0432. The average molecular weight is 356 g/mol. The first-order valence-electron chi connectivity index (χ1n) is 6.72. The third-order valence-electron chi connectivity index (χ3n) is 2.77. The Labute approximate surface area is 141 Å². The number of halogens is 3. The number of para-hydroxylation sites is 2. The smallest absolute Gasteiger partial charge is 0.387 e. The summed E-state index contributed by atoms with van der Waals surface area (Å²) in [5.74, 6) is -1.62. The lowest BCUT2D eigenvalue weighted by Crippen LogP contribution is -2.21. The molecule has 8 heteroatoms. The van der Waals surface area contributed by atoms with Crippen molar-refractivity contribution in [2.24, 2.45) is 0 Å². The number of alkyl halides is 2. The van der Waals surface area contributed by atoms with Gasteiger partial charge in [0, 0.05) is 5.02 Å². The van der Waals surface area contributed by atoms with E-state index in [2.05, 4.69) is 10.1 Å². The van der Waals surface area contributed by atoms with Crippen LogP contribution in [0.25, 0.3) is 0 Å². The van der Waals surface area contributed by atoms with E-state index in [0.717, 1.165) is 0 Å². The van der Waals surface area contributed by atoms with E-state index >= 15 is 0 Å². The van der Waals surface area contributed by atoms with Crippen molar-refractivity contribution in [1.29, 1.82) is 0 Å². The molecule has 0 radical (unpaired) electrons. The summed E-state index contributed by atoms with van der Waals surface area (Å²) >= 11 is 5.76. The number of ether oxygens (including phenoxy) is 2. The molecule has 1 amide bonds. The molecule has 2 aromatic carbocycles. The third-order valence-corrected chi connectivity index (χ3v) is 3.01. The van der Waals surface area contributed by atoms with Crippen LogP contribution in [0.2, 0.25) is 5.02 Å². The standard InChI is InChI=1S/C16H12ClF2NO4/c17-11-5-3-4-10(8-11)15(22)23-9-14(21)20-12-6-1-2-7-13(12)24-16(18)19/h1-8,16H,9H2,(H,20,21). The highest BCUT2D eigenvalue weighted by Gasteiger charge is 2.14. The van der Waals surface area contributed by atoms with Crippen molar-refractivity contribution in [1.82, 2.24) is 0 Å². The van der Waals surface area contributed by atoms with Crippen molar-refractivity contribution in [2.75, 3.05) is 11.9 Å². The van der Waals surface area contributed by atoms with E-state index in [0.29, 0.717) is 5.02 Å². The molecule has 126 valence electrons. The molecule has 0 bridgehead atoms. The highest BCUT2D eigenvalue weighted by molar-refractivity contribution is 6.30. The first-order valence-corrected chi connectivity index (χ1v) is 7.10. The first-order chi connectivity index (χ1) is 11.5. The third kappa shape index (κ3) is 5.20. The fraction of sp³-hybridized carbons (Fsp3) is 0.125. The lowest BCUT2D eigenvalue weighted by Gasteiger charge is -2.11. The molecular formula is C16H12ClF2NO4. The summed E-state index contributed by atoms with van der Waals surface area (Å²) < 4.78 is 33.7. The SMILES string of the molecule is O=C(COC(=O)c1cccc(Cl)c1)Nc1ccccc1OC(F)F. The topological polar surface area (TPSA) is 64.6 Å². The Morgan fingerprint density at radius 3 is 2.58 bits per heavy atom. The van der Waals surface area contributed by atoms with Crippen LogP contribution in [-0.4, -0.2) is 25.1 Å². The normalized spacial score (nSPS) is 10.3. The van der Waals surface area contributed by atoms with Gasteiger partial charge in [0.15, 0.2) is 6.61 Å². The van der Waals surface area contributed by atoms with Crippen LogP contribution in [0.15, 0.2) is 48.5 Å². The Morgan fingerprint density at radius 2 is 1.88 bits per heavy atom. The number of nitrogens with one attached hydrogen (secondary N) is 1. The number of esters is 1. The van der Waals surface area contributed by atoms with E-state index in [4.69, 9.17) is 16.3 Å². The lowest BCUT2D eigenvalue weighted by atomic mass is 10.2. The van der Waals surface area contributed by atoms with Gasteiger partial charge in [-0.2, -0.15) is 8.78 Å². The number of benzene rings is 2. The quantitative estimate of drug-likeness (QED) is 0.802. The van der Waals surface area contributed by atoms with Crippen LogP contribution in [-0.2, 0) is 9.53 Å². The Hall–Kier alpha value is -2.67. The second kappa shape index (κ2) is 8.26. The minimum Gasteiger partial charge on any atom is -0.452 e. The van der Waals surface area contributed by atoms with Crippen LogP contribution in [0, 0.1) is 0 Å². The summed E-state index contributed by atoms with van der Waals surface area (Å²) in [7, 11) is 0. The molecule has 0 aliphatic rings. The van der Waals surface area contributed by atoms with Crippen LogP contribution >= 0.6 is 11.6 Å². The second-order valence-corrected chi connectivity index (χ2v) is 4.95. The fourth-order valence-electron chi connectivity index (χ4n) is 1.78. The summed E-state index contributed by atoms with van der Waals surface area (Å²) in [6, 6.07) is 11.7. The number of anilines is 1. The molecule has 0 unspecified atom stereocenters. The van der Waals surface area contributed by atoms with E-state index in [9.17, 15) is 18.4 Å². The van der Waals surface area contributed by atoms with Gasteiger partial charge in [0.25, 0.3) is 5.91 Å². The molecular weight excluding hydrogens is 344 g/mol. The molecule has 0 fully saturated rings. The summed E-state index contributed by atoms with van der Waals surface area (Å²) in [5.41, 5.74) is 0.235. The number of amides is 1. The van der Waals surface area contributed by atoms with Crippen molar-refractivity contribution in [2.45, 2.75) is 6.61 Å². The molecule has 2 aromatic rings. The molecule has 24 heavy (non-hydrogen) atoms. The predicted octanol–water partition coefficient (Wildman–Crippen LogP) is 3.74. The van der Waals surface area contributed by atoms with Gasteiger partial charge in [-0.15, -0.1) is 0 Å². The van der Waals surface area contributed by atoms with Crippen LogP contribution in [0.4, 0.5) is 14.5 Å². The van der Waals surface area contributed by atoms with Crippen LogP contribution < -0.4 is 10.1 Å². The zero-order chi connectivity index (χ0) is 17.5. The Kier molecular flexibility index (Phi) is 6.08. The van der Waals surface area contributed by atoms with Gasteiger partial charge in [0.1, 0.15) is 5.75 Å². The minimum atomic E-state index is -3.02.